The Bertz CT molecular complexity index is 222. The molecule has 2 fully saturated rings. The molecule has 1 atom stereocenters. The molecule has 1 heterocycles. The van der Waals surface area contributed by atoms with Gasteiger partial charge in [-0.15, -0.1) is 0 Å². The molecular formula is C10H16N2. The van der Waals surface area contributed by atoms with E-state index in [1.807, 2.05) is 4.90 Å². The molecule has 2 heteroatoms. The zero-order valence-electron chi connectivity index (χ0n) is 7.88. The van der Waals surface area contributed by atoms with Gasteiger partial charge in [0.1, 0.15) is 0 Å². The zero-order valence-corrected chi connectivity index (χ0v) is 7.88. The van der Waals surface area contributed by atoms with Gasteiger partial charge in [0.25, 0.3) is 0 Å². The normalized spacial score (nSPS) is 31.2. The lowest BCUT2D eigenvalue weighted by Crippen LogP contribution is -2.19. The summed E-state index contributed by atoms with van der Waals surface area (Å²) in [7, 11) is 0. The maximum Gasteiger partial charge on any atom is 0.179 e. The van der Waals surface area contributed by atoms with Crippen LogP contribution >= 0.6 is 0 Å². The molecule has 1 aliphatic heterocycles. The maximum atomic E-state index is 8.80. The summed E-state index contributed by atoms with van der Waals surface area (Å²) in [4.78, 5) is 1.94. The first-order chi connectivity index (χ1) is 5.68. The smallest absolute Gasteiger partial charge is 0.179 e. The Kier molecular flexibility index (Phi) is 1.57. The van der Waals surface area contributed by atoms with Crippen molar-refractivity contribution in [3.05, 3.63) is 0 Å². The van der Waals surface area contributed by atoms with Crippen LogP contribution in [0, 0.1) is 28.7 Å². The Morgan fingerprint density at radius 1 is 1.50 bits per heavy atom. The molecule has 0 bridgehead atoms. The number of hydrogen-bond donors (Lipinski definition) is 0. The second-order valence-electron chi connectivity index (χ2n) is 4.69. The van der Waals surface area contributed by atoms with Crippen LogP contribution in [0.5, 0.6) is 0 Å². The summed E-state index contributed by atoms with van der Waals surface area (Å²) in [5.74, 6) is 1.52. The number of rotatable bonds is 1. The van der Waals surface area contributed by atoms with Crippen LogP contribution in [0.4, 0.5) is 0 Å². The Morgan fingerprint density at radius 2 is 2.17 bits per heavy atom. The lowest BCUT2D eigenvalue weighted by Gasteiger charge is -2.19. The van der Waals surface area contributed by atoms with E-state index in [-0.39, 0.29) is 0 Å². The van der Waals surface area contributed by atoms with Crippen LogP contribution in [0.3, 0.4) is 0 Å². The van der Waals surface area contributed by atoms with Gasteiger partial charge in [0, 0.05) is 13.1 Å². The molecule has 1 saturated carbocycles. The topological polar surface area (TPSA) is 27.0 Å². The van der Waals surface area contributed by atoms with Gasteiger partial charge in [-0.25, -0.2) is 0 Å². The molecule has 1 spiro atoms. The van der Waals surface area contributed by atoms with E-state index in [9.17, 15) is 0 Å². The Morgan fingerprint density at radius 3 is 2.50 bits per heavy atom. The largest absolute Gasteiger partial charge is 0.310 e. The molecule has 1 aliphatic carbocycles. The number of hydrogen-bond acceptors (Lipinski definition) is 2. The molecule has 66 valence electrons. The minimum Gasteiger partial charge on any atom is -0.310 e. The standard InChI is InChI=1S/C10H16N2/c1-8(2)9-5-12(7-11)6-10(9)3-4-10/h8-9H,3-6H2,1-2H3. The Labute approximate surface area is 74.2 Å². The molecule has 0 amide bonds. The second-order valence-corrected chi connectivity index (χ2v) is 4.69. The van der Waals surface area contributed by atoms with Crippen LogP contribution in [0.15, 0.2) is 0 Å². The van der Waals surface area contributed by atoms with E-state index in [0.717, 1.165) is 24.9 Å². The van der Waals surface area contributed by atoms with Crippen molar-refractivity contribution in [3.8, 4) is 6.19 Å². The highest BCUT2D eigenvalue weighted by atomic mass is 15.2. The number of likely N-dealkylation sites (tertiary alicyclic amines) is 1. The Balaban J connectivity index is 2.11. The van der Waals surface area contributed by atoms with Crippen molar-refractivity contribution in [3.63, 3.8) is 0 Å². The van der Waals surface area contributed by atoms with Gasteiger partial charge in [0.2, 0.25) is 0 Å². The minimum absolute atomic E-state index is 0.559. The molecule has 2 nitrogen and oxygen atoms in total. The van der Waals surface area contributed by atoms with E-state index in [1.54, 1.807) is 0 Å². The van der Waals surface area contributed by atoms with Crippen LogP contribution in [-0.4, -0.2) is 18.0 Å². The summed E-state index contributed by atoms with van der Waals surface area (Å²) >= 11 is 0. The van der Waals surface area contributed by atoms with E-state index in [1.165, 1.54) is 12.8 Å². The monoisotopic (exact) mass is 164 g/mol. The van der Waals surface area contributed by atoms with Crippen LogP contribution < -0.4 is 0 Å². The van der Waals surface area contributed by atoms with Crippen molar-refractivity contribution in [2.75, 3.05) is 13.1 Å². The van der Waals surface area contributed by atoms with Crippen LogP contribution in [0.2, 0.25) is 0 Å². The summed E-state index contributed by atoms with van der Waals surface area (Å²) in [5, 5.41) is 8.80. The molecule has 0 aromatic heterocycles. The first kappa shape index (κ1) is 7.91. The van der Waals surface area contributed by atoms with Gasteiger partial charge >= 0.3 is 0 Å². The van der Waals surface area contributed by atoms with Gasteiger partial charge < -0.3 is 4.90 Å². The summed E-state index contributed by atoms with van der Waals surface area (Å²) in [6.45, 7) is 6.61. The predicted octanol–water partition coefficient (Wildman–Crippen LogP) is 1.84. The van der Waals surface area contributed by atoms with Crippen LogP contribution in [0.1, 0.15) is 26.7 Å². The second kappa shape index (κ2) is 2.39. The first-order valence-electron chi connectivity index (χ1n) is 4.83. The van der Waals surface area contributed by atoms with Gasteiger partial charge in [-0.2, -0.15) is 5.26 Å². The van der Waals surface area contributed by atoms with Crippen molar-refractivity contribution in [2.24, 2.45) is 17.3 Å². The van der Waals surface area contributed by atoms with E-state index in [4.69, 9.17) is 5.26 Å². The Hall–Kier alpha value is -0.710. The van der Waals surface area contributed by atoms with Gasteiger partial charge in [-0.3, -0.25) is 0 Å². The lowest BCUT2D eigenvalue weighted by atomic mass is 9.84. The average molecular weight is 164 g/mol. The highest BCUT2D eigenvalue weighted by Gasteiger charge is 2.55. The van der Waals surface area contributed by atoms with Crippen molar-refractivity contribution in [1.82, 2.24) is 4.90 Å². The fourth-order valence-corrected chi connectivity index (χ4v) is 2.68. The predicted molar refractivity (Wildman–Crippen MR) is 47.2 cm³/mol. The molecule has 12 heavy (non-hydrogen) atoms. The highest BCUT2D eigenvalue weighted by Crippen LogP contribution is 2.58. The van der Waals surface area contributed by atoms with E-state index < -0.39 is 0 Å². The molecule has 0 N–H and O–H groups in total. The van der Waals surface area contributed by atoms with E-state index in [2.05, 4.69) is 20.0 Å². The maximum absolute atomic E-state index is 8.80. The summed E-state index contributed by atoms with van der Waals surface area (Å²) in [6, 6.07) is 0. The van der Waals surface area contributed by atoms with Gasteiger partial charge in [-0.1, -0.05) is 13.8 Å². The van der Waals surface area contributed by atoms with E-state index in [0.29, 0.717) is 5.41 Å². The van der Waals surface area contributed by atoms with Crippen molar-refractivity contribution in [1.29, 1.82) is 5.26 Å². The highest BCUT2D eigenvalue weighted by molar-refractivity contribution is 5.08. The zero-order chi connectivity index (χ0) is 8.77. The lowest BCUT2D eigenvalue weighted by molar-refractivity contribution is 0.300. The van der Waals surface area contributed by atoms with Gasteiger partial charge in [0.15, 0.2) is 6.19 Å². The fraction of sp³-hybridized carbons (Fsp3) is 0.900. The molecule has 1 saturated heterocycles. The third-order valence-electron chi connectivity index (χ3n) is 3.55. The summed E-state index contributed by atoms with van der Waals surface area (Å²) < 4.78 is 0. The molecule has 1 unspecified atom stereocenters. The van der Waals surface area contributed by atoms with Crippen molar-refractivity contribution < 1.29 is 0 Å². The van der Waals surface area contributed by atoms with Crippen LogP contribution in [-0.2, 0) is 0 Å². The van der Waals surface area contributed by atoms with Crippen LogP contribution in [0.25, 0.3) is 0 Å². The molecule has 2 rings (SSSR count). The van der Waals surface area contributed by atoms with E-state index >= 15 is 0 Å². The third-order valence-corrected chi connectivity index (χ3v) is 3.55. The van der Waals surface area contributed by atoms with Crippen molar-refractivity contribution >= 4 is 0 Å². The molecule has 2 aliphatic rings. The average Bonchev–Trinajstić information content (AvgIpc) is 2.64. The fourth-order valence-electron chi connectivity index (χ4n) is 2.68. The van der Waals surface area contributed by atoms with Gasteiger partial charge in [-0.05, 0) is 30.1 Å². The summed E-state index contributed by atoms with van der Waals surface area (Å²) in [6.07, 6.45) is 4.99. The number of nitrogens with zero attached hydrogens (tertiary/aromatic N) is 2. The van der Waals surface area contributed by atoms with Gasteiger partial charge in [0.05, 0.1) is 0 Å². The van der Waals surface area contributed by atoms with Crippen molar-refractivity contribution in [2.45, 2.75) is 26.7 Å². The minimum atomic E-state index is 0.559. The first-order valence-corrected chi connectivity index (χ1v) is 4.83. The number of nitriles is 1. The summed E-state index contributed by atoms with van der Waals surface area (Å²) in [5.41, 5.74) is 0.559. The molecule has 0 radical (unpaired) electrons. The SMILES string of the molecule is CC(C)C1CN(C#N)CC12CC2. The third kappa shape index (κ3) is 0.998. The molecular weight excluding hydrogens is 148 g/mol. The molecule has 0 aromatic carbocycles. The molecule has 0 aromatic rings. The quantitative estimate of drug-likeness (QED) is 0.553.